The van der Waals surface area contributed by atoms with Crippen LogP contribution in [0.5, 0.6) is 0 Å². The molecule has 0 bridgehead atoms. The lowest BCUT2D eigenvalue weighted by atomic mass is 9.94. The van der Waals surface area contributed by atoms with E-state index in [2.05, 4.69) is 6.58 Å². The summed E-state index contributed by atoms with van der Waals surface area (Å²) in [5, 5.41) is 0. The summed E-state index contributed by atoms with van der Waals surface area (Å²) >= 11 is 0. The van der Waals surface area contributed by atoms with Gasteiger partial charge in [0.2, 0.25) is 0 Å². The van der Waals surface area contributed by atoms with E-state index in [1.54, 1.807) is 0 Å². The molecule has 2 rings (SSSR count). The van der Waals surface area contributed by atoms with Crippen molar-refractivity contribution >= 4 is 5.97 Å². The van der Waals surface area contributed by atoms with Crippen LogP contribution in [-0.2, 0) is 9.53 Å². The maximum atomic E-state index is 11.7. The normalized spacial score (nSPS) is 33.8. The van der Waals surface area contributed by atoms with Crippen LogP contribution >= 0.6 is 0 Å². The molecule has 2 fully saturated rings. The zero-order valence-electron chi connectivity index (χ0n) is 9.55. The summed E-state index contributed by atoms with van der Waals surface area (Å²) in [6, 6.07) is 0. The number of esters is 1. The Morgan fingerprint density at radius 1 is 1.40 bits per heavy atom. The number of hydrogen-bond acceptors (Lipinski definition) is 2. The molecule has 0 heterocycles. The average molecular weight is 208 g/mol. The van der Waals surface area contributed by atoms with Crippen LogP contribution in [0.2, 0.25) is 0 Å². The Labute approximate surface area is 91.7 Å². The van der Waals surface area contributed by atoms with E-state index >= 15 is 0 Å². The highest BCUT2D eigenvalue weighted by atomic mass is 16.6. The van der Waals surface area contributed by atoms with E-state index in [9.17, 15) is 4.79 Å². The minimum absolute atomic E-state index is 0.102. The first-order valence-corrected chi connectivity index (χ1v) is 6.09. The Hall–Kier alpha value is -0.790. The Bertz CT molecular complexity index is 270. The summed E-state index contributed by atoms with van der Waals surface area (Å²) < 4.78 is 5.74. The Balaban J connectivity index is 2.04. The second kappa shape index (κ2) is 3.99. The van der Waals surface area contributed by atoms with Gasteiger partial charge in [0, 0.05) is 5.57 Å². The van der Waals surface area contributed by atoms with Crippen molar-refractivity contribution in [3.05, 3.63) is 12.2 Å². The summed E-state index contributed by atoms with van der Waals surface area (Å²) in [5.41, 5.74) is 0.511. The third-order valence-electron chi connectivity index (χ3n) is 4.06. The lowest BCUT2D eigenvalue weighted by Gasteiger charge is -2.29. The number of carbonyl (C=O) groups is 1. The lowest BCUT2D eigenvalue weighted by molar-refractivity contribution is -0.157. The quantitative estimate of drug-likeness (QED) is 0.526. The third kappa shape index (κ3) is 1.82. The lowest BCUT2D eigenvalue weighted by Crippen LogP contribution is -2.35. The molecule has 2 aliphatic carbocycles. The fraction of sp³-hybridized carbons (Fsp3) is 0.769. The average Bonchev–Trinajstić information content (AvgIpc) is 2.74. The molecule has 0 aromatic carbocycles. The maximum absolute atomic E-state index is 11.7. The zero-order valence-corrected chi connectivity index (χ0v) is 9.55. The molecule has 2 heteroatoms. The second-order valence-electron chi connectivity index (χ2n) is 4.89. The van der Waals surface area contributed by atoms with E-state index in [1.807, 2.05) is 6.92 Å². The smallest absolute Gasteiger partial charge is 0.333 e. The van der Waals surface area contributed by atoms with Crippen LogP contribution in [0, 0.1) is 5.92 Å². The van der Waals surface area contributed by atoms with Gasteiger partial charge in [0.1, 0.15) is 5.60 Å². The third-order valence-corrected chi connectivity index (χ3v) is 4.06. The summed E-state index contributed by atoms with van der Waals surface area (Å²) in [5.74, 6) is 0.470. The predicted octanol–water partition coefficient (Wildman–Crippen LogP) is 3.22. The molecular weight excluding hydrogens is 188 g/mol. The first kappa shape index (κ1) is 10.7. The molecule has 84 valence electrons. The standard InChI is InChI=1S/C13H20O2/c1-3-10(2)12(14)15-13-8-4-6-11(13)7-5-9-13/h11H,2-9H2,1H3. The molecule has 0 aliphatic heterocycles. The minimum Gasteiger partial charge on any atom is -0.455 e. The largest absolute Gasteiger partial charge is 0.455 e. The van der Waals surface area contributed by atoms with Gasteiger partial charge in [-0.2, -0.15) is 0 Å². The second-order valence-corrected chi connectivity index (χ2v) is 4.89. The van der Waals surface area contributed by atoms with Crippen LogP contribution < -0.4 is 0 Å². The molecule has 2 saturated carbocycles. The molecule has 0 atom stereocenters. The van der Waals surface area contributed by atoms with Crippen LogP contribution in [0.15, 0.2) is 12.2 Å². The van der Waals surface area contributed by atoms with Crippen molar-refractivity contribution in [3.8, 4) is 0 Å². The van der Waals surface area contributed by atoms with E-state index in [0.29, 0.717) is 17.9 Å². The molecule has 0 aromatic rings. The van der Waals surface area contributed by atoms with Crippen LogP contribution in [0.4, 0.5) is 0 Å². The fourth-order valence-corrected chi connectivity index (χ4v) is 3.09. The van der Waals surface area contributed by atoms with Crippen molar-refractivity contribution < 1.29 is 9.53 Å². The molecule has 0 saturated heterocycles. The number of carbonyl (C=O) groups excluding carboxylic acids is 1. The van der Waals surface area contributed by atoms with Crippen molar-refractivity contribution in [2.75, 3.05) is 0 Å². The van der Waals surface area contributed by atoms with Crippen LogP contribution in [0.25, 0.3) is 0 Å². The molecule has 2 nitrogen and oxygen atoms in total. The maximum Gasteiger partial charge on any atom is 0.333 e. The topological polar surface area (TPSA) is 26.3 Å². The summed E-state index contributed by atoms with van der Waals surface area (Å²) in [6.45, 7) is 5.70. The monoisotopic (exact) mass is 208 g/mol. The molecule has 2 aliphatic rings. The van der Waals surface area contributed by atoms with Gasteiger partial charge < -0.3 is 4.74 Å². The predicted molar refractivity (Wildman–Crippen MR) is 59.4 cm³/mol. The molecule has 0 radical (unpaired) electrons. The summed E-state index contributed by atoms with van der Waals surface area (Å²) in [7, 11) is 0. The first-order valence-electron chi connectivity index (χ1n) is 6.09. The molecule has 0 N–H and O–H groups in total. The van der Waals surface area contributed by atoms with Crippen molar-refractivity contribution in [3.63, 3.8) is 0 Å². The van der Waals surface area contributed by atoms with Gasteiger partial charge in [-0.05, 0) is 50.9 Å². The summed E-state index contributed by atoms with van der Waals surface area (Å²) in [6.07, 6.45) is 7.76. The first-order chi connectivity index (χ1) is 7.18. The van der Waals surface area contributed by atoms with Gasteiger partial charge in [0.05, 0.1) is 0 Å². The van der Waals surface area contributed by atoms with Gasteiger partial charge in [-0.1, -0.05) is 13.5 Å². The van der Waals surface area contributed by atoms with Gasteiger partial charge >= 0.3 is 5.97 Å². The van der Waals surface area contributed by atoms with Crippen LogP contribution in [-0.4, -0.2) is 11.6 Å². The highest BCUT2D eigenvalue weighted by Crippen LogP contribution is 2.50. The van der Waals surface area contributed by atoms with Gasteiger partial charge in [0.25, 0.3) is 0 Å². The summed E-state index contributed by atoms with van der Waals surface area (Å²) in [4.78, 5) is 11.7. The van der Waals surface area contributed by atoms with Gasteiger partial charge in [0.15, 0.2) is 0 Å². The number of fused-ring (bicyclic) bond motifs is 1. The highest BCUT2D eigenvalue weighted by Gasteiger charge is 2.49. The van der Waals surface area contributed by atoms with Gasteiger partial charge in [-0.3, -0.25) is 0 Å². The minimum atomic E-state index is -0.161. The molecular formula is C13H20O2. The van der Waals surface area contributed by atoms with Crippen LogP contribution in [0.3, 0.4) is 0 Å². The van der Waals surface area contributed by atoms with Crippen molar-refractivity contribution in [1.29, 1.82) is 0 Å². The SMILES string of the molecule is C=C(CC)C(=O)OC12CCCC1CCC2. The fourth-order valence-electron chi connectivity index (χ4n) is 3.09. The molecule has 0 amide bonds. The van der Waals surface area contributed by atoms with Gasteiger partial charge in [-0.25, -0.2) is 4.79 Å². The number of rotatable bonds is 3. The van der Waals surface area contributed by atoms with Gasteiger partial charge in [-0.15, -0.1) is 0 Å². The Morgan fingerprint density at radius 2 is 2.00 bits per heavy atom. The van der Waals surface area contributed by atoms with E-state index < -0.39 is 0 Å². The molecule has 0 unspecified atom stereocenters. The van der Waals surface area contributed by atoms with E-state index in [0.717, 1.165) is 12.8 Å². The highest BCUT2D eigenvalue weighted by molar-refractivity contribution is 5.88. The van der Waals surface area contributed by atoms with Crippen molar-refractivity contribution in [2.24, 2.45) is 5.92 Å². The number of hydrogen-bond donors (Lipinski definition) is 0. The van der Waals surface area contributed by atoms with E-state index in [-0.39, 0.29) is 11.6 Å². The molecule has 0 spiro atoms. The zero-order chi connectivity index (χ0) is 10.9. The Kier molecular flexibility index (Phi) is 2.85. The van der Waals surface area contributed by atoms with Crippen LogP contribution in [0.1, 0.15) is 51.9 Å². The van der Waals surface area contributed by atoms with E-state index in [4.69, 9.17) is 4.74 Å². The molecule has 0 aromatic heterocycles. The van der Waals surface area contributed by atoms with Crippen molar-refractivity contribution in [2.45, 2.75) is 57.5 Å². The van der Waals surface area contributed by atoms with E-state index in [1.165, 1.54) is 25.7 Å². The number of ether oxygens (including phenoxy) is 1. The Morgan fingerprint density at radius 3 is 2.53 bits per heavy atom. The molecule has 15 heavy (non-hydrogen) atoms. The van der Waals surface area contributed by atoms with Crippen molar-refractivity contribution in [1.82, 2.24) is 0 Å².